The summed E-state index contributed by atoms with van der Waals surface area (Å²) in [6, 6.07) is 10.2. The van der Waals surface area contributed by atoms with E-state index in [1.807, 2.05) is 0 Å². The molecule has 0 saturated heterocycles. The van der Waals surface area contributed by atoms with E-state index in [1.54, 1.807) is 29.2 Å². The molecule has 2 N–H and O–H groups in total. The number of amides is 2. The van der Waals surface area contributed by atoms with Crippen LogP contribution in [0.1, 0.15) is 0 Å². The molecular formula is C18H17F2N3O3. The maximum absolute atomic E-state index is 13.3. The average molecular weight is 361 g/mol. The van der Waals surface area contributed by atoms with E-state index in [0.29, 0.717) is 11.4 Å². The molecule has 0 aliphatic carbocycles. The van der Waals surface area contributed by atoms with E-state index in [1.165, 1.54) is 13.1 Å². The fraction of sp³-hybridized carbons (Fsp3) is 0.222. The van der Waals surface area contributed by atoms with Gasteiger partial charge >= 0.3 is 0 Å². The molecule has 6 nitrogen and oxygen atoms in total. The van der Waals surface area contributed by atoms with Crippen LogP contribution in [0.2, 0.25) is 0 Å². The normalized spacial score (nSPS) is 15.7. The van der Waals surface area contributed by atoms with Crippen molar-refractivity contribution < 1.29 is 23.1 Å². The van der Waals surface area contributed by atoms with Crippen LogP contribution in [0.3, 0.4) is 0 Å². The first-order chi connectivity index (χ1) is 12.5. The van der Waals surface area contributed by atoms with Crippen molar-refractivity contribution in [2.45, 2.75) is 6.10 Å². The Morgan fingerprint density at radius 1 is 1.19 bits per heavy atom. The fourth-order valence-corrected chi connectivity index (χ4v) is 2.70. The lowest BCUT2D eigenvalue weighted by Gasteiger charge is -2.34. The second kappa shape index (κ2) is 7.38. The minimum Gasteiger partial charge on any atom is -0.477 e. The van der Waals surface area contributed by atoms with Gasteiger partial charge in [0.15, 0.2) is 17.7 Å². The average Bonchev–Trinajstić information content (AvgIpc) is 2.64. The number of fused-ring (bicyclic) bond motifs is 1. The molecular weight excluding hydrogens is 344 g/mol. The lowest BCUT2D eigenvalue weighted by molar-refractivity contribution is -0.127. The second-order valence-electron chi connectivity index (χ2n) is 5.75. The van der Waals surface area contributed by atoms with Gasteiger partial charge in [-0.25, -0.2) is 8.78 Å². The van der Waals surface area contributed by atoms with Crippen LogP contribution in [-0.2, 0) is 9.59 Å². The van der Waals surface area contributed by atoms with Gasteiger partial charge in [0, 0.05) is 18.8 Å². The molecule has 1 aliphatic heterocycles. The Morgan fingerprint density at radius 2 is 1.96 bits per heavy atom. The van der Waals surface area contributed by atoms with Gasteiger partial charge in [0.05, 0.1) is 18.8 Å². The third kappa shape index (κ3) is 3.74. The van der Waals surface area contributed by atoms with Crippen molar-refractivity contribution in [1.82, 2.24) is 5.32 Å². The summed E-state index contributed by atoms with van der Waals surface area (Å²) < 4.78 is 31.9. The zero-order valence-electron chi connectivity index (χ0n) is 14.0. The van der Waals surface area contributed by atoms with Crippen LogP contribution in [0, 0.1) is 11.6 Å². The van der Waals surface area contributed by atoms with Gasteiger partial charge in [0.1, 0.15) is 5.75 Å². The first-order valence-electron chi connectivity index (χ1n) is 7.95. The zero-order valence-corrected chi connectivity index (χ0v) is 14.0. The summed E-state index contributed by atoms with van der Waals surface area (Å²) in [5.41, 5.74) is 0.825. The number of rotatable bonds is 4. The van der Waals surface area contributed by atoms with E-state index in [9.17, 15) is 18.4 Å². The summed E-state index contributed by atoms with van der Waals surface area (Å²) in [7, 11) is 1.51. The van der Waals surface area contributed by atoms with Gasteiger partial charge in [-0.1, -0.05) is 12.1 Å². The summed E-state index contributed by atoms with van der Waals surface area (Å²) in [4.78, 5) is 26.0. The predicted molar refractivity (Wildman–Crippen MR) is 92.1 cm³/mol. The largest absolute Gasteiger partial charge is 0.477 e. The third-order valence-corrected chi connectivity index (χ3v) is 3.94. The van der Waals surface area contributed by atoms with Crippen molar-refractivity contribution in [3.8, 4) is 5.75 Å². The van der Waals surface area contributed by atoms with Gasteiger partial charge in [-0.3, -0.25) is 9.59 Å². The predicted octanol–water partition coefficient (Wildman–Crippen LogP) is 1.92. The molecule has 26 heavy (non-hydrogen) atoms. The number of likely N-dealkylation sites (N-methyl/N-ethyl adjacent to an activating group) is 1. The number of carbonyl (C=O) groups is 2. The van der Waals surface area contributed by atoms with Gasteiger partial charge in [-0.05, 0) is 24.3 Å². The molecule has 0 bridgehead atoms. The number of ether oxygens (including phenoxy) is 1. The summed E-state index contributed by atoms with van der Waals surface area (Å²) >= 11 is 0. The van der Waals surface area contributed by atoms with Crippen molar-refractivity contribution in [2.75, 3.05) is 30.4 Å². The van der Waals surface area contributed by atoms with Crippen molar-refractivity contribution >= 4 is 23.2 Å². The van der Waals surface area contributed by atoms with Crippen LogP contribution in [-0.4, -0.2) is 38.1 Å². The lowest BCUT2D eigenvalue weighted by Crippen LogP contribution is -2.50. The van der Waals surface area contributed by atoms with Crippen molar-refractivity contribution in [2.24, 2.45) is 0 Å². The number of nitrogens with zero attached hydrogens (tertiary/aromatic N) is 1. The maximum Gasteiger partial charge on any atom is 0.262 e. The minimum atomic E-state index is -1.04. The van der Waals surface area contributed by atoms with Gasteiger partial charge in [-0.2, -0.15) is 0 Å². The molecule has 1 atom stereocenters. The monoisotopic (exact) mass is 361 g/mol. The number of anilines is 2. The Labute approximate surface area is 148 Å². The Hall–Kier alpha value is -3.16. The van der Waals surface area contributed by atoms with Crippen LogP contribution in [0.25, 0.3) is 0 Å². The highest BCUT2D eigenvalue weighted by atomic mass is 19.2. The molecule has 0 radical (unpaired) electrons. The van der Waals surface area contributed by atoms with Crippen LogP contribution in [0.5, 0.6) is 5.75 Å². The Bertz CT molecular complexity index is 844. The van der Waals surface area contributed by atoms with Gasteiger partial charge in [0.25, 0.3) is 5.91 Å². The van der Waals surface area contributed by atoms with Crippen LogP contribution < -0.4 is 20.3 Å². The number of halogens is 2. The van der Waals surface area contributed by atoms with Crippen molar-refractivity contribution in [3.05, 3.63) is 54.1 Å². The molecule has 0 spiro atoms. The quantitative estimate of drug-likeness (QED) is 0.873. The molecule has 8 heteroatoms. The van der Waals surface area contributed by atoms with E-state index >= 15 is 0 Å². The highest BCUT2D eigenvalue weighted by Gasteiger charge is 2.31. The van der Waals surface area contributed by atoms with Crippen LogP contribution >= 0.6 is 0 Å². The third-order valence-electron chi connectivity index (χ3n) is 3.94. The first kappa shape index (κ1) is 17.7. The number of hydrogen-bond donors (Lipinski definition) is 2. The fourth-order valence-electron chi connectivity index (χ4n) is 2.70. The summed E-state index contributed by atoms with van der Waals surface area (Å²) in [6.45, 7) is 0.106. The molecule has 136 valence electrons. The Morgan fingerprint density at radius 3 is 2.69 bits per heavy atom. The van der Waals surface area contributed by atoms with Gasteiger partial charge < -0.3 is 20.3 Å². The van der Waals surface area contributed by atoms with Crippen LogP contribution in [0.4, 0.5) is 20.2 Å². The highest BCUT2D eigenvalue weighted by Crippen LogP contribution is 2.33. The molecule has 1 heterocycles. The maximum atomic E-state index is 13.3. The molecule has 1 aliphatic rings. The SMILES string of the molecule is CNC(=O)[C@H]1CN(CC(=O)Nc2ccc(F)c(F)c2)c2ccccc2O1. The number of carbonyl (C=O) groups excluding carboxylic acids is 2. The van der Waals surface area contributed by atoms with Crippen molar-refractivity contribution in [1.29, 1.82) is 0 Å². The number of benzene rings is 2. The Balaban J connectivity index is 1.75. The molecule has 3 rings (SSSR count). The van der Waals surface area contributed by atoms with E-state index in [4.69, 9.17) is 4.74 Å². The molecule has 2 aromatic rings. The number of para-hydroxylation sites is 2. The summed E-state index contributed by atoms with van der Waals surface area (Å²) in [5, 5.41) is 5.04. The molecule has 2 amide bonds. The molecule has 0 fully saturated rings. The first-order valence-corrected chi connectivity index (χ1v) is 7.95. The lowest BCUT2D eigenvalue weighted by atomic mass is 10.1. The molecule has 2 aromatic carbocycles. The summed E-state index contributed by atoms with van der Waals surface area (Å²) in [6.07, 6.45) is -0.758. The minimum absolute atomic E-state index is 0.0765. The zero-order chi connectivity index (χ0) is 18.7. The summed E-state index contributed by atoms with van der Waals surface area (Å²) in [5.74, 6) is -2.26. The standard InChI is InChI=1S/C18H17F2N3O3/c1-21-18(25)16-9-23(14-4-2-3-5-15(14)26-16)10-17(24)22-11-6-7-12(19)13(20)8-11/h2-8,16H,9-10H2,1H3,(H,21,25)(H,22,24)/t16-/m1/s1. The molecule has 0 unspecified atom stereocenters. The number of nitrogens with one attached hydrogen (secondary N) is 2. The van der Waals surface area contributed by atoms with E-state index in [0.717, 1.165) is 12.1 Å². The smallest absolute Gasteiger partial charge is 0.262 e. The topological polar surface area (TPSA) is 70.7 Å². The van der Waals surface area contributed by atoms with E-state index in [-0.39, 0.29) is 24.7 Å². The molecule has 0 saturated carbocycles. The highest BCUT2D eigenvalue weighted by molar-refractivity contribution is 5.95. The van der Waals surface area contributed by atoms with Crippen LogP contribution in [0.15, 0.2) is 42.5 Å². The molecule has 0 aromatic heterocycles. The van der Waals surface area contributed by atoms with Gasteiger partial charge in [0.2, 0.25) is 5.91 Å². The Kier molecular flexibility index (Phi) is 5.01. The second-order valence-corrected chi connectivity index (χ2v) is 5.75. The van der Waals surface area contributed by atoms with E-state index < -0.39 is 23.6 Å². The van der Waals surface area contributed by atoms with Gasteiger partial charge in [-0.15, -0.1) is 0 Å². The number of hydrogen-bond acceptors (Lipinski definition) is 4. The van der Waals surface area contributed by atoms with Crippen molar-refractivity contribution in [3.63, 3.8) is 0 Å². The van der Waals surface area contributed by atoms with E-state index in [2.05, 4.69) is 10.6 Å².